The Kier molecular flexibility index (Phi) is 4.38. The molecule has 1 rings (SSSR count). The largest absolute Gasteiger partial charge is 0.496 e. The molecule has 3 nitrogen and oxygen atoms in total. The molecule has 0 saturated carbocycles. The van der Waals surface area contributed by atoms with Crippen molar-refractivity contribution in [3.63, 3.8) is 0 Å². The Morgan fingerprint density at radius 3 is 2.33 bits per heavy atom. The molecule has 15 heavy (non-hydrogen) atoms. The van der Waals surface area contributed by atoms with Gasteiger partial charge in [0.05, 0.1) is 17.8 Å². The van der Waals surface area contributed by atoms with Gasteiger partial charge in [-0.3, -0.25) is 4.79 Å². The lowest BCUT2D eigenvalue weighted by Crippen LogP contribution is -2.01. The Hall–Kier alpha value is -0.780. The second kappa shape index (κ2) is 5.34. The third kappa shape index (κ3) is 3.09. The number of Topliss-reactive ketones (excluding diaryl/α,β-unsaturated/α-hetero) is 1. The Morgan fingerprint density at radius 1 is 1.27 bits per heavy atom. The van der Waals surface area contributed by atoms with E-state index in [2.05, 4.69) is 22.6 Å². The van der Waals surface area contributed by atoms with Gasteiger partial charge in [-0.25, -0.2) is 0 Å². The molecule has 0 aliphatic rings. The molecule has 0 atom stereocenters. The number of halogens is 1. The lowest BCUT2D eigenvalue weighted by Gasteiger charge is -2.11. The van der Waals surface area contributed by atoms with Gasteiger partial charge in [-0.2, -0.15) is 0 Å². The molecule has 0 bridgehead atoms. The molecule has 0 heterocycles. The molecule has 0 aromatic heterocycles. The van der Waals surface area contributed by atoms with Crippen molar-refractivity contribution in [2.45, 2.75) is 13.3 Å². The molecule has 1 aromatic rings. The maximum Gasteiger partial charge on any atom is 0.134 e. The van der Waals surface area contributed by atoms with Crippen molar-refractivity contribution in [1.29, 1.82) is 0 Å². The fourth-order valence-corrected chi connectivity index (χ4v) is 1.99. The van der Waals surface area contributed by atoms with Crippen molar-refractivity contribution in [3.05, 3.63) is 21.3 Å². The van der Waals surface area contributed by atoms with Gasteiger partial charge >= 0.3 is 0 Å². The highest BCUT2D eigenvalue weighted by molar-refractivity contribution is 14.1. The second-order valence-corrected chi connectivity index (χ2v) is 4.34. The van der Waals surface area contributed by atoms with Crippen molar-refractivity contribution in [2.24, 2.45) is 0 Å². The average Bonchev–Trinajstić information content (AvgIpc) is 2.19. The Bertz CT molecular complexity index is 374. The number of hydrogen-bond acceptors (Lipinski definition) is 3. The molecular formula is C11H13IO3. The molecule has 0 N–H and O–H groups in total. The Morgan fingerprint density at radius 2 is 1.87 bits per heavy atom. The van der Waals surface area contributed by atoms with Crippen LogP contribution in [0.15, 0.2) is 12.1 Å². The topological polar surface area (TPSA) is 35.5 Å². The normalized spacial score (nSPS) is 9.87. The smallest absolute Gasteiger partial charge is 0.134 e. The van der Waals surface area contributed by atoms with Crippen LogP contribution in [0.25, 0.3) is 0 Å². The van der Waals surface area contributed by atoms with Crippen LogP contribution in [0.2, 0.25) is 0 Å². The first-order valence-corrected chi connectivity index (χ1v) is 5.56. The number of rotatable bonds is 4. The number of methoxy groups -OCH3 is 2. The minimum Gasteiger partial charge on any atom is -0.496 e. The summed E-state index contributed by atoms with van der Waals surface area (Å²) in [7, 11) is 3.21. The molecule has 0 spiro atoms. The lowest BCUT2D eigenvalue weighted by atomic mass is 10.1. The molecule has 0 saturated heterocycles. The molecule has 4 heteroatoms. The van der Waals surface area contributed by atoms with Crippen molar-refractivity contribution >= 4 is 28.4 Å². The van der Waals surface area contributed by atoms with Gasteiger partial charge in [0.1, 0.15) is 17.3 Å². The minimum atomic E-state index is 0.108. The SMILES string of the molecule is COc1cc(CC(C)=O)c(OC)cc1[135I]. The van der Waals surface area contributed by atoms with Crippen LogP contribution < -0.4 is 9.47 Å². The van der Waals surface area contributed by atoms with E-state index in [1.54, 1.807) is 21.1 Å². The molecule has 1 aromatic carbocycles. The van der Waals surface area contributed by atoms with Crippen LogP contribution in [0.1, 0.15) is 12.5 Å². The van der Waals surface area contributed by atoms with Crippen molar-refractivity contribution in [1.82, 2.24) is 0 Å². The highest BCUT2D eigenvalue weighted by atomic mass is 135. The zero-order valence-corrected chi connectivity index (χ0v) is 11.1. The quantitative estimate of drug-likeness (QED) is 0.797. The summed E-state index contributed by atoms with van der Waals surface area (Å²) in [4.78, 5) is 11.1. The zero-order chi connectivity index (χ0) is 11.4. The lowest BCUT2D eigenvalue weighted by molar-refractivity contribution is -0.116. The molecule has 0 radical (unpaired) electrons. The van der Waals surface area contributed by atoms with Crippen LogP contribution >= 0.6 is 22.6 Å². The third-order valence-corrected chi connectivity index (χ3v) is 2.84. The van der Waals surface area contributed by atoms with E-state index >= 15 is 0 Å². The highest BCUT2D eigenvalue weighted by Crippen LogP contribution is 2.30. The zero-order valence-electron chi connectivity index (χ0n) is 8.96. The highest BCUT2D eigenvalue weighted by Gasteiger charge is 2.10. The summed E-state index contributed by atoms with van der Waals surface area (Å²) in [5.41, 5.74) is 0.863. The van der Waals surface area contributed by atoms with E-state index in [1.807, 2.05) is 12.1 Å². The van der Waals surface area contributed by atoms with Gasteiger partial charge in [0, 0.05) is 12.0 Å². The Balaban J connectivity index is 3.16. The predicted octanol–water partition coefficient (Wildman–Crippen LogP) is 2.44. The Labute approximate surface area is 103 Å². The summed E-state index contributed by atoms with van der Waals surface area (Å²) < 4.78 is 11.4. The number of hydrogen-bond donors (Lipinski definition) is 0. The fourth-order valence-electron chi connectivity index (χ4n) is 1.33. The first kappa shape index (κ1) is 12.3. The first-order valence-electron chi connectivity index (χ1n) is 4.48. The molecule has 82 valence electrons. The van der Waals surface area contributed by atoms with Crippen LogP contribution in [0, 0.1) is 3.57 Å². The summed E-state index contributed by atoms with van der Waals surface area (Å²) in [5, 5.41) is 0. The number of benzene rings is 1. The van der Waals surface area contributed by atoms with Gasteiger partial charge in [-0.15, -0.1) is 0 Å². The van der Waals surface area contributed by atoms with E-state index in [4.69, 9.17) is 9.47 Å². The van der Waals surface area contributed by atoms with Crippen LogP contribution in [0.5, 0.6) is 11.5 Å². The third-order valence-electron chi connectivity index (χ3n) is 1.99. The fraction of sp³-hybridized carbons (Fsp3) is 0.364. The molecular weight excluding hydrogens is 315 g/mol. The average molecular weight is 328 g/mol. The van der Waals surface area contributed by atoms with Gasteiger partial charge in [-0.1, -0.05) is 0 Å². The van der Waals surface area contributed by atoms with E-state index in [0.717, 1.165) is 20.6 Å². The van der Waals surface area contributed by atoms with Crippen molar-refractivity contribution in [3.8, 4) is 11.5 Å². The second-order valence-electron chi connectivity index (χ2n) is 3.18. The van der Waals surface area contributed by atoms with Crippen LogP contribution in [0.4, 0.5) is 0 Å². The number of carbonyl (C=O) groups excluding carboxylic acids is 1. The van der Waals surface area contributed by atoms with Crippen LogP contribution in [-0.2, 0) is 11.2 Å². The standard InChI is InChI=1S/C11H13IO3/c1-7(13)4-8-5-11(15-3)9(12)6-10(8)14-2/h5-6H,4H2,1-3H3/i12+8. The van der Waals surface area contributed by atoms with E-state index in [-0.39, 0.29) is 5.78 Å². The van der Waals surface area contributed by atoms with Gasteiger partial charge in [0.25, 0.3) is 0 Å². The van der Waals surface area contributed by atoms with Crippen molar-refractivity contribution in [2.75, 3.05) is 14.2 Å². The van der Waals surface area contributed by atoms with E-state index in [9.17, 15) is 4.79 Å². The molecule has 0 aliphatic heterocycles. The van der Waals surface area contributed by atoms with Crippen molar-refractivity contribution < 1.29 is 14.3 Å². The van der Waals surface area contributed by atoms with E-state index in [1.165, 1.54) is 0 Å². The molecule has 0 unspecified atom stereocenters. The predicted molar refractivity (Wildman–Crippen MR) is 66.6 cm³/mol. The van der Waals surface area contributed by atoms with Gasteiger partial charge in [-0.05, 0) is 41.6 Å². The van der Waals surface area contributed by atoms with Crippen LogP contribution in [0.3, 0.4) is 0 Å². The summed E-state index contributed by atoms with van der Waals surface area (Å²) in [6.45, 7) is 1.56. The van der Waals surface area contributed by atoms with E-state index in [0.29, 0.717) is 6.42 Å². The van der Waals surface area contributed by atoms with Crippen LogP contribution in [-0.4, -0.2) is 20.0 Å². The minimum absolute atomic E-state index is 0.108. The van der Waals surface area contributed by atoms with Gasteiger partial charge < -0.3 is 9.47 Å². The summed E-state index contributed by atoms with van der Waals surface area (Å²) >= 11 is 2.17. The summed E-state index contributed by atoms with van der Waals surface area (Å²) in [6.07, 6.45) is 0.371. The maximum atomic E-state index is 11.1. The van der Waals surface area contributed by atoms with Gasteiger partial charge in [0.2, 0.25) is 0 Å². The summed E-state index contributed by atoms with van der Waals surface area (Å²) in [6, 6.07) is 3.72. The first-order chi connectivity index (χ1) is 7.08. The summed E-state index contributed by atoms with van der Waals surface area (Å²) in [5.74, 6) is 1.61. The van der Waals surface area contributed by atoms with E-state index < -0.39 is 0 Å². The molecule has 0 fully saturated rings. The number of ether oxygens (including phenoxy) is 2. The molecule has 0 amide bonds. The molecule has 0 aliphatic carbocycles. The maximum absolute atomic E-state index is 11.1. The number of ketones is 1. The monoisotopic (exact) mass is 328 g/mol. The number of carbonyl (C=O) groups is 1. The van der Waals surface area contributed by atoms with Gasteiger partial charge in [0.15, 0.2) is 0 Å².